The number of hydrogen-bond donors (Lipinski definition) is 1. The molecule has 33 heavy (non-hydrogen) atoms. The van der Waals surface area contributed by atoms with E-state index in [0.717, 1.165) is 58.7 Å². The van der Waals surface area contributed by atoms with Crippen LogP contribution >= 0.6 is 15.9 Å². The highest BCUT2D eigenvalue weighted by atomic mass is 79.9. The van der Waals surface area contributed by atoms with Crippen LogP contribution < -0.4 is 5.32 Å². The number of amides is 1. The Kier molecular flexibility index (Phi) is 6.86. The second-order valence-corrected chi connectivity index (χ2v) is 10.3. The van der Waals surface area contributed by atoms with Crippen LogP contribution in [0.25, 0.3) is 11.3 Å². The predicted octanol–water partition coefficient (Wildman–Crippen LogP) is 6.70. The van der Waals surface area contributed by atoms with Crippen LogP contribution in [0, 0.1) is 5.92 Å². The van der Waals surface area contributed by atoms with Crippen molar-refractivity contribution >= 4 is 27.7 Å². The van der Waals surface area contributed by atoms with E-state index in [9.17, 15) is 4.79 Å². The van der Waals surface area contributed by atoms with E-state index in [1.807, 2.05) is 24.3 Å². The molecule has 0 saturated heterocycles. The maximum absolute atomic E-state index is 12.9. The molecule has 1 heterocycles. The Balaban J connectivity index is 1.41. The van der Waals surface area contributed by atoms with Crippen molar-refractivity contribution in [3.63, 3.8) is 0 Å². The van der Waals surface area contributed by atoms with Crippen molar-refractivity contribution in [2.24, 2.45) is 5.92 Å². The topological polar surface area (TPSA) is 54.9 Å². The van der Waals surface area contributed by atoms with Crippen LogP contribution in [0.15, 0.2) is 53.0 Å². The first kappa shape index (κ1) is 22.3. The number of nitrogens with one attached hydrogen (secondary N) is 1. The van der Waals surface area contributed by atoms with Gasteiger partial charge in [-0.1, -0.05) is 84.4 Å². The molecule has 1 amide bonds. The van der Waals surface area contributed by atoms with Crippen molar-refractivity contribution in [3.05, 3.63) is 75.5 Å². The Labute approximate surface area is 204 Å². The summed E-state index contributed by atoms with van der Waals surface area (Å²) in [7, 11) is 0. The normalized spacial score (nSPS) is 15.5. The summed E-state index contributed by atoms with van der Waals surface area (Å²) in [6.45, 7) is 0. The number of fused-ring (bicyclic) bond motifs is 3. The molecule has 0 aliphatic heterocycles. The average Bonchev–Trinajstić information content (AvgIpc) is 2.84. The van der Waals surface area contributed by atoms with Gasteiger partial charge in [-0.2, -0.15) is 0 Å². The van der Waals surface area contributed by atoms with Gasteiger partial charge in [-0.15, -0.1) is 0 Å². The third-order valence-electron chi connectivity index (χ3n) is 6.99. The molecule has 4 nitrogen and oxygen atoms in total. The Morgan fingerprint density at radius 3 is 2.58 bits per heavy atom. The zero-order chi connectivity index (χ0) is 22.6. The molecule has 1 N–H and O–H groups in total. The van der Waals surface area contributed by atoms with E-state index in [2.05, 4.69) is 45.5 Å². The molecular formula is C28H30BrN3O. The monoisotopic (exact) mass is 503 g/mol. The van der Waals surface area contributed by atoms with Gasteiger partial charge in [0.2, 0.25) is 5.91 Å². The fourth-order valence-electron chi connectivity index (χ4n) is 5.17. The standard InChI is InChI=1S/C28H30BrN3O/c29-22-14-10-20(11-15-22)18-26(33)32-28-25(16-12-19-6-2-1-3-7-19)30-27-23-9-5-4-8-21(23)13-17-24(27)31-28/h4-5,8-11,14-15,19H,1-3,6-7,12-13,16-18H2,(H,31,32,33). The lowest BCUT2D eigenvalue weighted by Crippen LogP contribution is -2.20. The van der Waals surface area contributed by atoms with Crippen LogP contribution in [0.4, 0.5) is 5.82 Å². The molecule has 0 unspecified atom stereocenters. The highest BCUT2D eigenvalue weighted by Crippen LogP contribution is 2.34. The minimum absolute atomic E-state index is 0.0401. The van der Waals surface area contributed by atoms with Gasteiger partial charge in [0.25, 0.3) is 0 Å². The lowest BCUT2D eigenvalue weighted by atomic mass is 9.85. The molecule has 2 aliphatic carbocycles. The van der Waals surface area contributed by atoms with E-state index in [4.69, 9.17) is 9.97 Å². The van der Waals surface area contributed by atoms with Crippen LogP contribution in [0.1, 0.15) is 61.0 Å². The molecular weight excluding hydrogens is 474 g/mol. The predicted molar refractivity (Wildman–Crippen MR) is 136 cm³/mol. The summed E-state index contributed by atoms with van der Waals surface area (Å²) >= 11 is 3.45. The fourth-order valence-corrected chi connectivity index (χ4v) is 5.44. The van der Waals surface area contributed by atoms with Gasteiger partial charge >= 0.3 is 0 Å². The number of aryl methyl sites for hydroxylation is 3. The Morgan fingerprint density at radius 1 is 0.970 bits per heavy atom. The summed E-state index contributed by atoms with van der Waals surface area (Å²) in [4.78, 5) is 23.0. The summed E-state index contributed by atoms with van der Waals surface area (Å²) in [6, 6.07) is 16.4. The first-order chi connectivity index (χ1) is 16.2. The Morgan fingerprint density at radius 2 is 1.76 bits per heavy atom. The summed E-state index contributed by atoms with van der Waals surface area (Å²) in [5, 5.41) is 3.11. The Hall–Kier alpha value is -2.53. The second kappa shape index (κ2) is 10.2. The number of hydrogen-bond acceptors (Lipinski definition) is 3. The maximum atomic E-state index is 12.9. The first-order valence-electron chi connectivity index (χ1n) is 12.2. The van der Waals surface area contributed by atoms with Gasteiger partial charge in [0, 0.05) is 10.0 Å². The molecule has 1 saturated carbocycles. The van der Waals surface area contributed by atoms with E-state index in [0.29, 0.717) is 12.2 Å². The molecule has 3 aromatic rings. The number of aromatic nitrogens is 2. The van der Waals surface area contributed by atoms with Gasteiger partial charge in [-0.05, 0) is 54.9 Å². The van der Waals surface area contributed by atoms with Crippen molar-refractivity contribution in [1.82, 2.24) is 9.97 Å². The highest BCUT2D eigenvalue weighted by Gasteiger charge is 2.23. The van der Waals surface area contributed by atoms with Crippen LogP contribution in [0.2, 0.25) is 0 Å². The number of benzene rings is 2. The average molecular weight is 504 g/mol. The minimum atomic E-state index is -0.0401. The number of nitrogens with zero attached hydrogens (tertiary/aromatic N) is 2. The van der Waals surface area contributed by atoms with Crippen LogP contribution in [-0.2, 0) is 30.5 Å². The molecule has 0 spiro atoms. The van der Waals surface area contributed by atoms with Crippen molar-refractivity contribution in [2.45, 2.75) is 64.2 Å². The quantitative estimate of drug-likeness (QED) is 0.407. The van der Waals surface area contributed by atoms with Crippen molar-refractivity contribution in [1.29, 1.82) is 0 Å². The lowest BCUT2D eigenvalue weighted by Gasteiger charge is -2.23. The van der Waals surface area contributed by atoms with Crippen LogP contribution in [0.3, 0.4) is 0 Å². The molecule has 1 aromatic heterocycles. The number of rotatable bonds is 6. The summed E-state index contributed by atoms with van der Waals surface area (Å²) in [5.41, 5.74) is 6.44. The first-order valence-corrected chi connectivity index (χ1v) is 13.0. The van der Waals surface area contributed by atoms with Crippen molar-refractivity contribution < 1.29 is 4.79 Å². The largest absolute Gasteiger partial charge is 0.309 e. The molecule has 0 bridgehead atoms. The molecule has 5 heteroatoms. The van der Waals surface area contributed by atoms with E-state index in [-0.39, 0.29) is 5.91 Å². The SMILES string of the molecule is O=C(Cc1ccc(Br)cc1)Nc1nc2c(nc1CCC1CCCCC1)-c1ccccc1CC2. The van der Waals surface area contributed by atoms with Crippen LogP contribution in [-0.4, -0.2) is 15.9 Å². The Bertz CT molecular complexity index is 1140. The third-order valence-corrected chi connectivity index (χ3v) is 7.52. The minimum Gasteiger partial charge on any atom is -0.309 e. The molecule has 170 valence electrons. The molecule has 1 fully saturated rings. The van der Waals surface area contributed by atoms with Crippen LogP contribution in [0.5, 0.6) is 0 Å². The maximum Gasteiger partial charge on any atom is 0.229 e. The molecule has 0 radical (unpaired) electrons. The molecule has 5 rings (SSSR count). The number of anilines is 1. The van der Waals surface area contributed by atoms with Gasteiger partial charge in [0.1, 0.15) is 0 Å². The van der Waals surface area contributed by atoms with Gasteiger partial charge in [0.05, 0.1) is 23.5 Å². The van der Waals surface area contributed by atoms with E-state index in [1.165, 1.54) is 43.2 Å². The fraction of sp³-hybridized carbons (Fsp3) is 0.393. The molecule has 2 aliphatic rings. The molecule has 2 aromatic carbocycles. The van der Waals surface area contributed by atoms with Gasteiger partial charge < -0.3 is 5.32 Å². The van der Waals surface area contributed by atoms with Gasteiger partial charge in [-0.25, -0.2) is 9.97 Å². The lowest BCUT2D eigenvalue weighted by molar-refractivity contribution is -0.115. The van der Waals surface area contributed by atoms with E-state index >= 15 is 0 Å². The highest BCUT2D eigenvalue weighted by molar-refractivity contribution is 9.10. The second-order valence-electron chi connectivity index (χ2n) is 9.37. The third kappa shape index (κ3) is 5.35. The zero-order valence-electron chi connectivity index (χ0n) is 18.9. The van der Waals surface area contributed by atoms with E-state index in [1.54, 1.807) is 0 Å². The van der Waals surface area contributed by atoms with Gasteiger partial charge in [-0.3, -0.25) is 4.79 Å². The zero-order valence-corrected chi connectivity index (χ0v) is 20.5. The van der Waals surface area contributed by atoms with Crippen molar-refractivity contribution in [3.8, 4) is 11.3 Å². The number of carbonyl (C=O) groups is 1. The summed E-state index contributed by atoms with van der Waals surface area (Å²) in [6.07, 6.45) is 10.8. The van der Waals surface area contributed by atoms with E-state index < -0.39 is 0 Å². The summed E-state index contributed by atoms with van der Waals surface area (Å²) < 4.78 is 1.01. The number of halogens is 1. The smallest absolute Gasteiger partial charge is 0.229 e. The van der Waals surface area contributed by atoms with Crippen molar-refractivity contribution in [2.75, 3.05) is 5.32 Å². The molecule has 0 atom stereocenters. The summed E-state index contributed by atoms with van der Waals surface area (Å²) in [5.74, 6) is 1.38. The van der Waals surface area contributed by atoms with Gasteiger partial charge in [0.15, 0.2) is 5.82 Å². The number of carbonyl (C=O) groups excluding carboxylic acids is 1.